The van der Waals surface area contributed by atoms with Crippen LogP contribution in [0.4, 0.5) is 0 Å². The lowest BCUT2D eigenvalue weighted by Crippen LogP contribution is -2.36. The van der Waals surface area contributed by atoms with Gasteiger partial charge in [-0.1, -0.05) is 19.8 Å². The second-order valence-corrected chi connectivity index (χ2v) is 6.81. The molecular formula is C17H24N2O2. The van der Waals surface area contributed by atoms with Crippen LogP contribution in [-0.2, 0) is 18.3 Å². The normalized spacial score (nSPS) is 24.7. The van der Waals surface area contributed by atoms with Gasteiger partial charge in [0, 0.05) is 19.7 Å². The minimum Gasteiger partial charge on any atom is -0.299 e. The number of carbonyl (C=O) groups is 2. The quantitative estimate of drug-likeness (QED) is 0.634. The van der Waals surface area contributed by atoms with Crippen molar-refractivity contribution in [2.24, 2.45) is 18.4 Å². The summed E-state index contributed by atoms with van der Waals surface area (Å²) in [5, 5.41) is 4.34. The van der Waals surface area contributed by atoms with Crippen LogP contribution < -0.4 is 0 Å². The Morgan fingerprint density at radius 2 is 2.10 bits per heavy atom. The summed E-state index contributed by atoms with van der Waals surface area (Å²) in [5.74, 6) is -0.272. The zero-order valence-electron chi connectivity index (χ0n) is 13.0. The summed E-state index contributed by atoms with van der Waals surface area (Å²) in [6, 6.07) is 0. The number of aryl methyl sites for hydroxylation is 2. The average Bonchev–Trinajstić information content (AvgIpc) is 3.08. The Kier molecular flexibility index (Phi) is 3.72. The van der Waals surface area contributed by atoms with Crippen LogP contribution in [0.3, 0.4) is 0 Å². The Labute approximate surface area is 125 Å². The predicted molar refractivity (Wildman–Crippen MR) is 80.2 cm³/mol. The molecule has 0 saturated heterocycles. The second kappa shape index (κ2) is 5.39. The molecule has 2 aliphatic rings. The van der Waals surface area contributed by atoms with Crippen LogP contribution in [0.25, 0.3) is 0 Å². The number of hydrogen-bond acceptors (Lipinski definition) is 3. The van der Waals surface area contributed by atoms with E-state index in [1.54, 1.807) is 10.9 Å². The van der Waals surface area contributed by atoms with Gasteiger partial charge in [0.2, 0.25) is 0 Å². The maximum atomic E-state index is 12.9. The van der Waals surface area contributed by atoms with Gasteiger partial charge in [-0.2, -0.15) is 5.10 Å². The molecule has 0 aromatic carbocycles. The Hall–Kier alpha value is -1.45. The zero-order chi connectivity index (χ0) is 15.0. The van der Waals surface area contributed by atoms with Crippen LogP contribution in [0.1, 0.15) is 67.9 Å². The molecular weight excluding hydrogens is 264 g/mol. The lowest BCUT2D eigenvalue weighted by Gasteiger charge is -2.36. The summed E-state index contributed by atoms with van der Waals surface area (Å²) in [4.78, 5) is 25.2. The smallest absolute Gasteiger partial charge is 0.176 e. The Balaban J connectivity index is 1.86. The van der Waals surface area contributed by atoms with E-state index in [1.807, 2.05) is 14.0 Å². The van der Waals surface area contributed by atoms with E-state index in [-0.39, 0.29) is 17.0 Å². The minimum absolute atomic E-state index is 0.0101. The molecule has 2 fully saturated rings. The van der Waals surface area contributed by atoms with E-state index in [1.165, 1.54) is 25.7 Å². The van der Waals surface area contributed by atoms with Gasteiger partial charge in [0.25, 0.3) is 0 Å². The van der Waals surface area contributed by atoms with Gasteiger partial charge >= 0.3 is 0 Å². The number of ketones is 2. The number of aromatic nitrogens is 2. The molecule has 1 unspecified atom stereocenters. The highest BCUT2D eigenvalue weighted by molar-refractivity contribution is 6.11. The first-order chi connectivity index (χ1) is 10.0. The first kappa shape index (κ1) is 14.5. The van der Waals surface area contributed by atoms with Gasteiger partial charge in [-0.05, 0) is 37.5 Å². The van der Waals surface area contributed by atoms with Gasteiger partial charge in [0.15, 0.2) is 5.78 Å². The molecule has 114 valence electrons. The predicted octanol–water partition coefficient (Wildman–Crippen LogP) is 3.09. The minimum atomic E-state index is -0.425. The molecule has 1 heterocycles. The highest BCUT2D eigenvalue weighted by Crippen LogP contribution is 2.50. The molecule has 3 rings (SSSR count). The summed E-state index contributed by atoms with van der Waals surface area (Å²) in [6.45, 7) is 2.00. The molecule has 2 aliphatic carbocycles. The van der Waals surface area contributed by atoms with Crippen molar-refractivity contribution >= 4 is 11.6 Å². The summed E-state index contributed by atoms with van der Waals surface area (Å²) in [7, 11) is 1.83. The highest BCUT2D eigenvalue weighted by atomic mass is 16.2. The van der Waals surface area contributed by atoms with Gasteiger partial charge < -0.3 is 0 Å². The molecule has 0 aliphatic heterocycles. The summed E-state index contributed by atoms with van der Waals surface area (Å²) >= 11 is 0. The standard InChI is InChI=1S/C17H24N2O2/c1-3-14-13(11-19(2)18-14)16(21)12-10-17(7-4-5-8-17)9-6-15(12)20/h11-12H,3-10H2,1-2H3. The molecule has 4 heteroatoms. The SMILES string of the molecule is CCc1nn(C)cc1C(=O)C1CC2(CCCC2)CCC1=O. The topological polar surface area (TPSA) is 52.0 Å². The average molecular weight is 288 g/mol. The van der Waals surface area contributed by atoms with E-state index in [4.69, 9.17) is 0 Å². The van der Waals surface area contributed by atoms with Crippen molar-refractivity contribution in [2.75, 3.05) is 0 Å². The van der Waals surface area contributed by atoms with Crippen molar-refractivity contribution in [3.8, 4) is 0 Å². The molecule has 1 spiro atoms. The van der Waals surface area contributed by atoms with E-state index in [9.17, 15) is 9.59 Å². The number of carbonyl (C=O) groups excluding carboxylic acids is 2. The highest BCUT2D eigenvalue weighted by Gasteiger charge is 2.44. The summed E-state index contributed by atoms with van der Waals surface area (Å²) in [6.07, 6.45) is 9.74. The molecule has 4 nitrogen and oxygen atoms in total. The third kappa shape index (κ3) is 2.56. The van der Waals surface area contributed by atoms with E-state index in [2.05, 4.69) is 5.10 Å². The molecule has 1 atom stereocenters. The molecule has 0 N–H and O–H groups in total. The van der Waals surface area contributed by atoms with Crippen molar-refractivity contribution in [1.29, 1.82) is 0 Å². The number of rotatable bonds is 3. The van der Waals surface area contributed by atoms with E-state index < -0.39 is 5.92 Å². The maximum Gasteiger partial charge on any atom is 0.176 e. The van der Waals surface area contributed by atoms with Gasteiger partial charge in [-0.25, -0.2) is 0 Å². The van der Waals surface area contributed by atoms with Crippen LogP contribution >= 0.6 is 0 Å². The van der Waals surface area contributed by atoms with Crippen molar-refractivity contribution in [3.63, 3.8) is 0 Å². The lowest BCUT2D eigenvalue weighted by atomic mass is 9.66. The van der Waals surface area contributed by atoms with Gasteiger partial charge in [0.05, 0.1) is 17.2 Å². The molecule has 0 radical (unpaired) electrons. The van der Waals surface area contributed by atoms with Crippen molar-refractivity contribution < 1.29 is 9.59 Å². The molecule has 21 heavy (non-hydrogen) atoms. The molecule has 1 aromatic heterocycles. The zero-order valence-corrected chi connectivity index (χ0v) is 13.0. The van der Waals surface area contributed by atoms with Crippen LogP contribution in [0, 0.1) is 11.3 Å². The second-order valence-electron chi connectivity index (χ2n) is 6.81. The first-order valence-electron chi connectivity index (χ1n) is 8.14. The van der Waals surface area contributed by atoms with E-state index in [0.29, 0.717) is 12.0 Å². The first-order valence-corrected chi connectivity index (χ1v) is 8.14. The lowest BCUT2D eigenvalue weighted by molar-refractivity contribution is -0.125. The fraction of sp³-hybridized carbons (Fsp3) is 0.706. The van der Waals surface area contributed by atoms with Gasteiger partial charge in [-0.3, -0.25) is 14.3 Å². The van der Waals surface area contributed by atoms with E-state index >= 15 is 0 Å². The van der Waals surface area contributed by atoms with E-state index in [0.717, 1.165) is 25.0 Å². The van der Waals surface area contributed by atoms with Crippen LogP contribution in [-0.4, -0.2) is 21.3 Å². The fourth-order valence-corrected chi connectivity index (χ4v) is 4.22. The molecule has 2 saturated carbocycles. The van der Waals surface area contributed by atoms with Crippen LogP contribution in [0.5, 0.6) is 0 Å². The maximum absolute atomic E-state index is 12.9. The van der Waals surface area contributed by atoms with Crippen molar-refractivity contribution in [3.05, 3.63) is 17.5 Å². The molecule has 1 aromatic rings. The number of Topliss-reactive ketones (excluding diaryl/α,β-unsaturated/α-hetero) is 2. The van der Waals surface area contributed by atoms with Gasteiger partial charge in [-0.15, -0.1) is 0 Å². The third-order valence-corrected chi connectivity index (χ3v) is 5.41. The number of hydrogen-bond donors (Lipinski definition) is 0. The van der Waals surface area contributed by atoms with Gasteiger partial charge in [0.1, 0.15) is 5.78 Å². The number of nitrogens with zero attached hydrogens (tertiary/aromatic N) is 2. The summed E-state index contributed by atoms with van der Waals surface area (Å²) in [5.41, 5.74) is 1.75. The monoisotopic (exact) mass is 288 g/mol. The Morgan fingerprint density at radius 1 is 1.38 bits per heavy atom. The Morgan fingerprint density at radius 3 is 2.76 bits per heavy atom. The molecule has 0 bridgehead atoms. The fourth-order valence-electron chi connectivity index (χ4n) is 4.22. The van der Waals surface area contributed by atoms with Crippen LogP contribution in [0.2, 0.25) is 0 Å². The molecule has 0 amide bonds. The van der Waals surface area contributed by atoms with Crippen molar-refractivity contribution in [1.82, 2.24) is 9.78 Å². The Bertz CT molecular complexity index is 567. The van der Waals surface area contributed by atoms with Crippen molar-refractivity contribution in [2.45, 2.75) is 58.3 Å². The van der Waals surface area contributed by atoms with Crippen LogP contribution in [0.15, 0.2) is 6.20 Å². The largest absolute Gasteiger partial charge is 0.299 e. The summed E-state index contributed by atoms with van der Waals surface area (Å²) < 4.78 is 1.69. The third-order valence-electron chi connectivity index (χ3n) is 5.41.